The molecule has 0 bridgehead atoms. The van der Waals surface area contributed by atoms with Crippen LogP contribution in [-0.2, 0) is 4.79 Å². The van der Waals surface area contributed by atoms with E-state index in [0.29, 0.717) is 19.6 Å². The SMILES string of the molecule is N[C@@H]1CN(CCC(=O)NC(=O)NCC(F)(F)F)C[C@H]1c1ccccc1. The van der Waals surface area contributed by atoms with Gasteiger partial charge in [-0.3, -0.25) is 10.1 Å². The Bertz CT molecular complexity index is 595. The molecule has 3 amide bonds. The molecule has 1 fully saturated rings. The summed E-state index contributed by atoms with van der Waals surface area (Å²) >= 11 is 0. The average Bonchev–Trinajstić information content (AvgIpc) is 2.92. The second kappa shape index (κ2) is 8.30. The second-order valence-corrected chi connectivity index (χ2v) is 6.04. The highest BCUT2D eigenvalue weighted by Gasteiger charge is 2.31. The lowest BCUT2D eigenvalue weighted by Gasteiger charge is -2.16. The van der Waals surface area contributed by atoms with Crippen molar-refractivity contribution in [1.82, 2.24) is 15.5 Å². The molecule has 138 valence electrons. The van der Waals surface area contributed by atoms with Crippen LogP contribution >= 0.6 is 0 Å². The van der Waals surface area contributed by atoms with Gasteiger partial charge < -0.3 is 16.0 Å². The Kier molecular flexibility index (Phi) is 6.38. The van der Waals surface area contributed by atoms with Gasteiger partial charge in [0.1, 0.15) is 6.54 Å². The zero-order valence-electron chi connectivity index (χ0n) is 13.6. The molecule has 4 N–H and O–H groups in total. The van der Waals surface area contributed by atoms with E-state index in [-0.39, 0.29) is 18.4 Å². The van der Waals surface area contributed by atoms with Crippen LogP contribution in [0.5, 0.6) is 0 Å². The summed E-state index contributed by atoms with van der Waals surface area (Å²) in [6.07, 6.45) is -4.51. The molecule has 1 aliphatic heterocycles. The molecule has 1 aromatic rings. The van der Waals surface area contributed by atoms with Gasteiger partial charge in [0.2, 0.25) is 5.91 Å². The molecule has 6 nitrogen and oxygen atoms in total. The first kappa shape index (κ1) is 19.2. The maximum absolute atomic E-state index is 12.0. The molecule has 0 saturated carbocycles. The van der Waals surface area contributed by atoms with E-state index in [9.17, 15) is 22.8 Å². The van der Waals surface area contributed by atoms with Crippen LogP contribution in [0.3, 0.4) is 0 Å². The molecule has 25 heavy (non-hydrogen) atoms. The van der Waals surface area contributed by atoms with Crippen LogP contribution in [0, 0.1) is 0 Å². The van der Waals surface area contributed by atoms with Crippen LogP contribution in [0.15, 0.2) is 30.3 Å². The number of nitrogens with one attached hydrogen (secondary N) is 2. The molecule has 1 saturated heterocycles. The zero-order valence-corrected chi connectivity index (χ0v) is 13.6. The first-order chi connectivity index (χ1) is 11.7. The maximum atomic E-state index is 12.0. The monoisotopic (exact) mass is 358 g/mol. The van der Waals surface area contributed by atoms with Crippen molar-refractivity contribution in [3.05, 3.63) is 35.9 Å². The predicted octanol–water partition coefficient (Wildman–Crippen LogP) is 1.19. The van der Waals surface area contributed by atoms with Crippen LogP contribution in [0.4, 0.5) is 18.0 Å². The molecule has 9 heteroatoms. The molecule has 1 heterocycles. The summed E-state index contributed by atoms with van der Waals surface area (Å²) in [4.78, 5) is 24.9. The van der Waals surface area contributed by atoms with Crippen molar-refractivity contribution in [2.24, 2.45) is 5.73 Å². The van der Waals surface area contributed by atoms with Gasteiger partial charge in [-0.05, 0) is 5.56 Å². The molecule has 0 radical (unpaired) electrons. The van der Waals surface area contributed by atoms with E-state index < -0.39 is 24.7 Å². The molecule has 1 aromatic carbocycles. The maximum Gasteiger partial charge on any atom is 0.405 e. The molecule has 1 aliphatic rings. The Morgan fingerprint density at radius 1 is 1.20 bits per heavy atom. The van der Waals surface area contributed by atoms with Crippen molar-refractivity contribution in [2.75, 3.05) is 26.2 Å². The largest absolute Gasteiger partial charge is 0.405 e. The normalized spacial score (nSPS) is 21.1. The fourth-order valence-electron chi connectivity index (χ4n) is 2.82. The summed E-state index contributed by atoms with van der Waals surface area (Å²) in [5.74, 6) is -0.462. The molecular formula is C16H21F3N4O2. The Balaban J connectivity index is 1.73. The van der Waals surface area contributed by atoms with E-state index in [4.69, 9.17) is 5.73 Å². The van der Waals surface area contributed by atoms with Gasteiger partial charge in [-0.2, -0.15) is 13.2 Å². The highest BCUT2D eigenvalue weighted by molar-refractivity contribution is 5.94. The number of halogens is 3. The van der Waals surface area contributed by atoms with Crippen LogP contribution in [0.1, 0.15) is 17.9 Å². The van der Waals surface area contributed by atoms with E-state index in [0.717, 1.165) is 5.56 Å². The summed E-state index contributed by atoms with van der Waals surface area (Å²) in [6.45, 7) is 0.215. The van der Waals surface area contributed by atoms with Crippen molar-refractivity contribution in [3.8, 4) is 0 Å². The summed E-state index contributed by atoms with van der Waals surface area (Å²) < 4.78 is 35.9. The molecule has 0 aliphatic carbocycles. The lowest BCUT2D eigenvalue weighted by Crippen LogP contribution is -2.44. The Morgan fingerprint density at radius 2 is 1.88 bits per heavy atom. The standard InChI is InChI=1S/C16H21F3N4O2/c17-16(18,19)10-21-15(25)22-14(24)6-7-23-8-12(13(20)9-23)11-4-2-1-3-5-11/h1-5,12-13H,6-10,20H2,(H2,21,22,24,25)/t12-,13+/m0/s1. The number of rotatable bonds is 5. The number of amides is 3. The predicted molar refractivity (Wildman–Crippen MR) is 85.8 cm³/mol. The fourth-order valence-corrected chi connectivity index (χ4v) is 2.82. The Morgan fingerprint density at radius 3 is 2.52 bits per heavy atom. The zero-order chi connectivity index (χ0) is 18.4. The number of hydrogen-bond donors (Lipinski definition) is 3. The first-order valence-corrected chi connectivity index (χ1v) is 7.92. The van der Waals surface area contributed by atoms with Gasteiger partial charge in [0, 0.05) is 38.0 Å². The topological polar surface area (TPSA) is 87.5 Å². The van der Waals surface area contributed by atoms with Crippen LogP contribution in [0.2, 0.25) is 0 Å². The number of alkyl halides is 3. The lowest BCUT2D eigenvalue weighted by atomic mass is 9.95. The van der Waals surface area contributed by atoms with Crippen molar-refractivity contribution < 1.29 is 22.8 Å². The van der Waals surface area contributed by atoms with Crippen molar-refractivity contribution in [1.29, 1.82) is 0 Å². The summed E-state index contributed by atoms with van der Waals surface area (Å²) in [5.41, 5.74) is 7.29. The van der Waals surface area contributed by atoms with Crippen LogP contribution in [-0.4, -0.2) is 55.2 Å². The third kappa shape index (κ3) is 6.35. The van der Waals surface area contributed by atoms with Crippen molar-refractivity contribution >= 4 is 11.9 Å². The molecule has 0 unspecified atom stereocenters. The third-order valence-electron chi connectivity index (χ3n) is 4.03. The van der Waals surface area contributed by atoms with Gasteiger partial charge in [0.05, 0.1) is 0 Å². The number of urea groups is 1. The third-order valence-corrected chi connectivity index (χ3v) is 4.03. The van der Waals surface area contributed by atoms with Gasteiger partial charge in [0.25, 0.3) is 0 Å². The van der Waals surface area contributed by atoms with Crippen LogP contribution < -0.4 is 16.4 Å². The number of carbonyl (C=O) groups is 2. The Labute approximate surface area is 143 Å². The van der Waals surface area contributed by atoms with E-state index in [2.05, 4.69) is 0 Å². The van der Waals surface area contributed by atoms with Gasteiger partial charge >= 0.3 is 12.2 Å². The number of likely N-dealkylation sites (tertiary alicyclic amines) is 1. The minimum Gasteiger partial charge on any atom is -0.329 e. The van der Waals surface area contributed by atoms with Gasteiger partial charge in [-0.15, -0.1) is 0 Å². The number of nitrogens with zero attached hydrogens (tertiary/aromatic N) is 1. The highest BCUT2D eigenvalue weighted by atomic mass is 19.4. The average molecular weight is 358 g/mol. The minimum absolute atomic E-state index is 0.00761. The van der Waals surface area contributed by atoms with E-state index in [1.54, 1.807) is 5.32 Å². The summed E-state index contributed by atoms with van der Waals surface area (Å²) in [5, 5.41) is 3.47. The number of carbonyl (C=O) groups excluding carboxylic acids is 2. The molecule has 2 rings (SSSR count). The number of benzene rings is 1. The molecule has 0 aromatic heterocycles. The minimum atomic E-state index is -4.52. The van der Waals surface area contributed by atoms with E-state index >= 15 is 0 Å². The summed E-state index contributed by atoms with van der Waals surface area (Å²) in [6, 6.07) is 8.62. The van der Waals surface area contributed by atoms with Gasteiger partial charge in [-0.25, -0.2) is 4.79 Å². The smallest absolute Gasteiger partial charge is 0.329 e. The Hall–Kier alpha value is -2.13. The fraction of sp³-hybridized carbons (Fsp3) is 0.500. The lowest BCUT2D eigenvalue weighted by molar-refractivity contribution is -0.124. The molecule has 0 spiro atoms. The number of nitrogens with two attached hydrogens (primary N) is 1. The highest BCUT2D eigenvalue weighted by Crippen LogP contribution is 2.26. The quantitative estimate of drug-likeness (QED) is 0.738. The molecule has 2 atom stereocenters. The van der Waals surface area contributed by atoms with E-state index in [1.165, 1.54) is 0 Å². The second-order valence-electron chi connectivity index (χ2n) is 6.04. The van der Waals surface area contributed by atoms with Gasteiger partial charge in [0.15, 0.2) is 0 Å². The van der Waals surface area contributed by atoms with Crippen molar-refractivity contribution in [2.45, 2.75) is 24.6 Å². The number of hydrogen-bond acceptors (Lipinski definition) is 4. The first-order valence-electron chi connectivity index (χ1n) is 7.92. The van der Waals surface area contributed by atoms with Crippen LogP contribution in [0.25, 0.3) is 0 Å². The summed E-state index contributed by atoms with van der Waals surface area (Å²) in [7, 11) is 0. The van der Waals surface area contributed by atoms with Crippen molar-refractivity contribution in [3.63, 3.8) is 0 Å². The van der Waals surface area contributed by atoms with E-state index in [1.807, 2.05) is 40.5 Å². The molecular weight excluding hydrogens is 337 g/mol. The number of imide groups is 1. The van der Waals surface area contributed by atoms with Gasteiger partial charge in [-0.1, -0.05) is 30.3 Å².